The lowest BCUT2D eigenvalue weighted by Gasteiger charge is -2.15. The largest absolute Gasteiger partial charge is 0.489 e. The summed E-state index contributed by atoms with van der Waals surface area (Å²) < 4.78 is 11.6. The predicted octanol–water partition coefficient (Wildman–Crippen LogP) is 2.84. The zero-order valence-electron chi connectivity index (χ0n) is 9.00. The van der Waals surface area contributed by atoms with E-state index in [4.69, 9.17) is 15.2 Å². The van der Waals surface area contributed by atoms with Gasteiger partial charge in [-0.1, -0.05) is 0 Å². The number of methoxy groups -OCH3 is 1. The number of rotatable bonds is 5. The first-order valence-corrected chi connectivity index (χ1v) is 5.63. The molecule has 84 valence electrons. The highest BCUT2D eigenvalue weighted by molar-refractivity contribution is 9.10. The average Bonchev–Trinajstić information content (AvgIpc) is 2.20. The highest BCUT2D eigenvalue weighted by atomic mass is 79.9. The van der Waals surface area contributed by atoms with Crippen molar-refractivity contribution in [2.45, 2.75) is 19.4 Å². The third kappa shape index (κ3) is 4.10. The van der Waals surface area contributed by atoms with Gasteiger partial charge in [0.2, 0.25) is 0 Å². The van der Waals surface area contributed by atoms with E-state index in [0.29, 0.717) is 12.3 Å². The maximum atomic E-state index is 5.72. The van der Waals surface area contributed by atoms with Crippen LogP contribution in [-0.4, -0.2) is 19.8 Å². The molecule has 0 heterocycles. The van der Waals surface area contributed by atoms with Gasteiger partial charge < -0.3 is 15.2 Å². The maximum absolute atomic E-state index is 5.72. The van der Waals surface area contributed by atoms with Gasteiger partial charge in [-0.15, -0.1) is 0 Å². The van der Waals surface area contributed by atoms with E-state index in [9.17, 15) is 0 Å². The minimum atomic E-state index is 0.114. The molecule has 1 unspecified atom stereocenters. The maximum Gasteiger partial charge on any atom is 0.135 e. The van der Waals surface area contributed by atoms with Crippen molar-refractivity contribution < 1.29 is 9.47 Å². The molecule has 0 aliphatic heterocycles. The van der Waals surface area contributed by atoms with E-state index < -0.39 is 0 Å². The predicted molar refractivity (Wildman–Crippen MR) is 65.1 cm³/mol. The van der Waals surface area contributed by atoms with Gasteiger partial charge in [-0.05, 0) is 35.0 Å². The molecule has 0 aliphatic carbocycles. The third-order valence-electron chi connectivity index (χ3n) is 2.01. The van der Waals surface area contributed by atoms with Crippen molar-refractivity contribution >= 4 is 21.6 Å². The number of nitrogen functional groups attached to an aromatic ring is 1. The fourth-order valence-electron chi connectivity index (χ4n) is 1.17. The van der Waals surface area contributed by atoms with Crippen LogP contribution in [0.15, 0.2) is 22.7 Å². The number of benzene rings is 1. The van der Waals surface area contributed by atoms with Crippen molar-refractivity contribution in [1.82, 2.24) is 0 Å². The summed E-state index contributed by atoms with van der Waals surface area (Å²) in [6.45, 7) is 2.70. The molecule has 1 aromatic carbocycles. The Morgan fingerprint density at radius 1 is 1.47 bits per heavy atom. The summed E-state index contributed by atoms with van der Waals surface area (Å²) in [5.74, 6) is 0.776. The van der Waals surface area contributed by atoms with E-state index in [-0.39, 0.29) is 6.10 Å². The zero-order chi connectivity index (χ0) is 11.3. The summed E-state index contributed by atoms with van der Waals surface area (Å²) in [6.07, 6.45) is 0.973. The zero-order valence-corrected chi connectivity index (χ0v) is 10.6. The number of nitrogens with two attached hydrogens (primary N) is 1. The van der Waals surface area contributed by atoms with E-state index in [0.717, 1.165) is 16.6 Å². The minimum Gasteiger partial charge on any atom is -0.489 e. The Morgan fingerprint density at radius 3 is 2.87 bits per heavy atom. The Hall–Kier alpha value is -0.740. The molecule has 1 atom stereocenters. The molecule has 0 fully saturated rings. The highest BCUT2D eigenvalue weighted by Gasteiger charge is 2.07. The van der Waals surface area contributed by atoms with Gasteiger partial charge in [-0.3, -0.25) is 0 Å². The fourth-order valence-corrected chi connectivity index (χ4v) is 1.51. The molecule has 1 aromatic rings. The van der Waals surface area contributed by atoms with Crippen LogP contribution in [0.4, 0.5) is 5.69 Å². The molecule has 0 bridgehead atoms. The molecule has 0 saturated carbocycles. The van der Waals surface area contributed by atoms with Crippen LogP contribution in [0.5, 0.6) is 5.75 Å². The summed E-state index contributed by atoms with van der Waals surface area (Å²) >= 11 is 3.42. The summed E-state index contributed by atoms with van der Waals surface area (Å²) in [7, 11) is 1.68. The van der Waals surface area contributed by atoms with Crippen LogP contribution in [-0.2, 0) is 4.74 Å². The number of anilines is 1. The number of hydrogen-bond donors (Lipinski definition) is 1. The van der Waals surface area contributed by atoms with E-state index in [1.54, 1.807) is 7.11 Å². The second-order valence-corrected chi connectivity index (χ2v) is 4.25. The number of ether oxygens (including phenoxy) is 2. The summed E-state index contributed by atoms with van der Waals surface area (Å²) in [4.78, 5) is 0. The van der Waals surface area contributed by atoms with Crippen molar-refractivity contribution in [1.29, 1.82) is 0 Å². The van der Waals surface area contributed by atoms with Gasteiger partial charge in [0.15, 0.2) is 0 Å². The van der Waals surface area contributed by atoms with Gasteiger partial charge in [-0.25, -0.2) is 0 Å². The van der Waals surface area contributed by atoms with Crippen molar-refractivity contribution in [3.8, 4) is 5.75 Å². The Bertz CT molecular complexity index is 317. The standard InChI is InChI=1S/C11H16BrNO2/c1-8(5-6-14-2)15-11-7-9(13)3-4-10(11)12/h3-4,7-8H,5-6,13H2,1-2H3. The van der Waals surface area contributed by atoms with Gasteiger partial charge in [0.1, 0.15) is 5.75 Å². The van der Waals surface area contributed by atoms with Crippen LogP contribution >= 0.6 is 15.9 Å². The highest BCUT2D eigenvalue weighted by Crippen LogP contribution is 2.28. The third-order valence-corrected chi connectivity index (χ3v) is 2.67. The smallest absolute Gasteiger partial charge is 0.135 e. The molecule has 4 heteroatoms. The van der Waals surface area contributed by atoms with Crippen molar-refractivity contribution in [2.75, 3.05) is 19.5 Å². The topological polar surface area (TPSA) is 44.5 Å². The van der Waals surface area contributed by atoms with Crippen LogP contribution in [0, 0.1) is 0 Å². The van der Waals surface area contributed by atoms with Gasteiger partial charge in [-0.2, -0.15) is 0 Å². The normalized spacial score (nSPS) is 12.5. The first kappa shape index (κ1) is 12.3. The van der Waals surface area contributed by atoms with Crippen LogP contribution in [0.3, 0.4) is 0 Å². The van der Waals surface area contributed by atoms with Crippen LogP contribution in [0.2, 0.25) is 0 Å². The van der Waals surface area contributed by atoms with Crippen molar-refractivity contribution in [2.24, 2.45) is 0 Å². The Labute approximate surface area is 98.7 Å². The monoisotopic (exact) mass is 273 g/mol. The van der Waals surface area contributed by atoms with E-state index in [2.05, 4.69) is 15.9 Å². The lowest BCUT2D eigenvalue weighted by molar-refractivity contribution is 0.135. The van der Waals surface area contributed by atoms with E-state index >= 15 is 0 Å². The molecule has 0 saturated heterocycles. The SMILES string of the molecule is COCCC(C)Oc1cc(N)ccc1Br. The van der Waals surface area contributed by atoms with Crippen LogP contribution in [0.1, 0.15) is 13.3 Å². The molecule has 0 aliphatic rings. The second-order valence-electron chi connectivity index (χ2n) is 3.40. The molecule has 0 amide bonds. The molecule has 2 N–H and O–H groups in total. The van der Waals surface area contributed by atoms with Gasteiger partial charge in [0.25, 0.3) is 0 Å². The summed E-state index contributed by atoms with van der Waals surface area (Å²) in [5.41, 5.74) is 6.38. The molecule has 0 aromatic heterocycles. The Kier molecular flexibility index (Phi) is 4.91. The number of halogens is 1. The van der Waals surface area contributed by atoms with Gasteiger partial charge in [0, 0.05) is 31.9 Å². The minimum absolute atomic E-state index is 0.114. The molecular weight excluding hydrogens is 258 g/mol. The fraction of sp³-hybridized carbons (Fsp3) is 0.455. The first-order valence-electron chi connectivity index (χ1n) is 4.84. The lowest BCUT2D eigenvalue weighted by atomic mass is 10.2. The lowest BCUT2D eigenvalue weighted by Crippen LogP contribution is -2.14. The summed E-state index contributed by atoms with van der Waals surface area (Å²) in [5, 5.41) is 0. The molecule has 0 radical (unpaired) electrons. The molecule has 15 heavy (non-hydrogen) atoms. The van der Waals surface area contributed by atoms with Crippen molar-refractivity contribution in [3.63, 3.8) is 0 Å². The molecule has 0 spiro atoms. The van der Waals surface area contributed by atoms with Gasteiger partial charge in [0.05, 0.1) is 10.6 Å². The Morgan fingerprint density at radius 2 is 2.20 bits per heavy atom. The molecule has 1 rings (SSSR count). The first-order chi connectivity index (χ1) is 7.13. The van der Waals surface area contributed by atoms with E-state index in [1.165, 1.54) is 0 Å². The quantitative estimate of drug-likeness (QED) is 0.840. The summed E-state index contributed by atoms with van der Waals surface area (Å²) in [6, 6.07) is 5.53. The average molecular weight is 274 g/mol. The second kappa shape index (κ2) is 5.98. The van der Waals surface area contributed by atoms with Crippen LogP contribution in [0.25, 0.3) is 0 Å². The molecule has 3 nitrogen and oxygen atoms in total. The van der Waals surface area contributed by atoms with Gasteiger partial charge >= 0.3 is 0 Å². The number of hydrogen-bond acceptors (Lipinski definition) is 3. The molecular formula is C11H16BrNO2. The van der Waals surface area contributed by atoms with E-state index in [1.807, 2.05) is 25.1 Å². The van der Waals surface area contributed by atoms with Crippen molar-refractivity contribution in [3.05, 3.63) is 22.7 Å². The van der Waals surface area contributed by atoms with Crippen LogP contribution < -0.4 is 10.5 Å². The Balaban J connectivity index is 2.59.